The summed E-state index contributed by atoms with van der Waals surface area (Å²) in [6.45, 7) is 2.41. The summed E-state index contributed by atoms with van der Waals surface area (Å²) in [6, 6.07) is 22.0. The third-order valence-corrected chi connectivity index (χ3v) is 5.35. The van der Waals surface area contributed by atoms with Gasteiger partial charge in [0, 0.05) is 11.3 Å². The zero-order valence-corrected chi connectivity index (χ0v) is 17.8. The summed E-state index contributed by atoms with van der Waals surface area (Å²) in [7, 11) is 1.57. The third-order valence-electron chi connectivity index (χ3n) is 5.35. The second-order valence-electron chi connectivity index (χ2n) is 7.24. The van der Waals surface area contributed by atoms with Gasteiger partial charge in [0.15, 0.2) is 0 Å². The summed E-state index contributed by atoms with van der Waals surface area (Å²) in [6.07, 6.45) is 0. The van der Waals surface area contributed by atoms with E-state index < -0.39 is 17.7 Å². The van der Waals surface area contributed by atoms with Gasteiger partial charge in [0.25, 0.3) is 11.7 Å². The molecule has 1 atom stereocenters. The van der Waals surface area contributed by atoms with E-state index in [2.05, 4.69) is 0 Å². The quantitative estimate of drug-likeness (QED) is 0.349. The average molecular weight is 429 g/mol. The number of nitrogens with zero attached hydrogens (tertiary/aromatic N) is 1. The highest BCUT2D eigenvalue weighted by Gasteiger charge is 2.46. The summed E-state index contributed by atoms with van der Waals surface area (Å²) in [5.41, 5.74) is 1.72. The first-order valence-corrected chi connectivity index (χ1v) is 10.3. The van der Waals surface area contributed by atoms with Gasteiger partial charge in [-0.15, -0.1) is 0 Å². The van der Waals surface area contributed by atoms with Crippen molar-refractivity contribution < 1.29 is 24.2 Å². The van der Waals surface area contributed by atoms with E-state index in [4.69, 9.17) is 9.47 Å². The summed E-state index contributed by atoms with van der Waals surface area (Å²) >= 11 is 0. The minimum absolute atomic E-state index is 0.0419. The Balaban J connectivity index is 1.87. The fourth-order valence-corrected chi connectivity index (χ4v) is 3.82. The Hall–Kier alpha value is -4.06. The van der Waals surface area contributed by atoms with E-state index in [1.165, 1.54) is 4.90 Å². The molecule has 0 saturated carbocycles. The van der Waals surface area contributed by atoms with Crippen LogP contribution in [0.3, 0.4) is 0 Å². The van der Waals surface area contributed by atoms with Crippen molar-refractivity contribution in [2.45, 2.75) is 13.0 Å². The molecular weight excluding hydrogens is 406 g/mol. The number of ketones is 1. The summed E-state index contributed by atoms with van der Waals surface area (Å²) in [5.74, 6) is -0.334. The number of aliphatic hydroxyl groups excluding tert-OH is 1. The molecule has 0 bridgehead atoms. The van der Waals surface area contributed by atoms with E-state index in [-0.39, 0.29) is 11.3 Å². The Morgan fingerprint density at radius 2 is 1.53 bits per heavy atom. The molecule has 0 aromatic heterocycles. The Morgan fingerprint density at radius 1 is 0.906 bits per heavy atom. The normalized spacial score (nSPS) is 17.4. The lowest BCUT2D eigenvalue weighted by Gasteiger charge is -2.25. The molecule has 4 rings (SSSR count). The first kappa shape index (κ1) is 21.2. The maximum absolute atomic E-state index is 13.1. The number of carbonyl (C=O) groups is 2. The van der Waals surface area contributed by atoms with Crippen LogP contribution in [0.25, 0.3) is 5.76 Å². The van der Waals surface area contributed by atoms with Crippen molar-refractivity contribution >= 4 is 23.1 Å². The molecule has 0 radical (unpaired) electrons. The zero-order valence-electron chi connectivity index (χ0n) is 17.8. The molecule has 162 valence electrons. The van der Waals surface area contributed by atoms with Gasteiger partial charge >= 0.3 is 0 Å². The molecule has 3 aromatic rings. The van der Waals surface area contributed by atoms with Gasteiger partial charge in [-0.05, 0) is 48.9 Å². The molecule has 1 heterocycles. The van der Waals surface area contributed by atoms with Crippen molar-refractivity contribution in [1.29, 1.82) is 0 Å². The molecule has 1 aliphatic heterocycles. The van der Waals surface area contributed by atoms with E-state index in [1.54, 1.807) is 79.9 Å². The molecule has 32 heavy (non-hydrogen) atoms. The fraction of sp³-hybridized carbons (Fsp3) is 0.154. The van der Waals surface area contributed by atoms with Crippen LogP contribution in [0.2, 0.25) is 0 Å². The third kappa shape index (κ3) is 3.83. The molecule has 6 nitrogen and oxygen atoms in total. The molecule has 6 heteroatoms. The summed E-state index contributed by atoms with van der Waals surface area (Å²) < 4.78 is 10.7. The van der Waals surface area contributed by atoms with E-state index >= 15 is 0 Å². The summed E-state index contributed by atoms with van der Waals surface area (Å²) in [4.78, 5) is 27.7. The van der Waals surface area contributed by atoms with E-state index in [0.29, 0.717) is 34.9 Å². The van der Waals surface area contributed by atoms with Gasteiger partial charge in [0.2, 0.25) is 0 Å². The maximum atomic E-state index is 13.1. The van der Waals surface area contributed by atoms with Gasteiger partial charge < -0.3 is 14.6 Å². The average Bonchev–Trinajstić information content (AvgIpc) is 3.10. The van der Waals surface area contributed by atoms with Gasteiger partial charge in [-0.1, -0.05) is 42.5 Å². The van der Waals surface area contributed by atoms with Crippen molar-refractivity contribution in [3.8, 4) is 11.5 Å². The lowest BCUT2D eigenvalue weighted by Crippen LogP contribution is -2.29. The number of amides is 1. The largest absolute Gasteiger partial charge is 0.507 e. The Kier molecular flexibility index (Phi) is 5.94. The number of Topliss-reactive ketones (excluding diaryl/α,β-unsaturated/α-hetero) is 1. The molecule has 3 aromatic carbocycles. The van der Waals surface area contributed by atoms with E-state index in [1.807, 2.05) is 13.0 Å². The molecule has 1 aliphatic rings. The van der Waals surface area contributed by atoms with Gasteiger partial charge in [-0.2, -0.15) is 0 Å². The fourth-order valence-electron chi connectivity index (χ4n) is 3.82. The summed E-state index contributed by atoms with van der Waals surface area (Å²) in [5, 5.41) is 11.1. The van der Waals surface area contributed by atoms with Gasteiger partial charge in [0.1, 0.15) is 17.3 Å². The lowest BCUT2D eigenvalue weighted by atomic mass is 9.95. The Labute approximate surface area is 186 Å². The second-order valence-corrected chi connectivity index (χ2v) is 7.24. The molecule has 1 N–H and O–H groups in total. The highest BCUT2D eigenvalue weighted by Crippen LogP contribution is 2.42. The Bertz CT molecular complexity index is 1150. The number of aliphatic hydroxyl groups is 1. The topological polar surface area (TPSA) is 76.1 Å². The highest BCUT2D eigenvalue weighted by molar-refractivity contribution is 6.51. The number of anilines is 1. The first-order valence-electron chi connectivity index (χ1n) is 10.3. The van der Waals surface area contributed by atoms with Crippen LogP contribution >= 0.6 is 0 Å². The predicted octanol–water partition coefficient (Wildman–Crippen LogP) is 4.72. The zero-order chi connectivity index (χ0) is 22.7. The number of carbonyl (C=O) groups excluding carboxylic acids is 2. The number of benzene rings is 3. The molecular formula is C26H23NO5. The lowest BCUT2D eigenvalue weighted by molar-refractivity contribution is -0.132. The molecule has 1 saturated heterocycles. The SMILES string of the molecule is CCOc1ccc(N2C(=O)C(=O)/C(=C(/O)c3ccccc3)C2c2ccc(OC)cc2)cc1. The van der Waals surface area contributed by atoms with Crippen LogP contribution in [0.4, 0.5) is 5.69 Å². The molecule has 1 unspecified atom stereocenters. The van der Waals surface area contributed by atoms with Crippen LogP contribution in [-0.2, 0) is 9.59 Å². The van der Waals surface area contributed by atoms with Crippen LogP contribution in [0.5, 0.6) is 11.5 Å². The van der Waals surface area contributed by atoms with Crippen LogP contribution in [0.15, 0.2) is 84.4 Å². The van der Waals surface area contributed by atoms with Crippen molar-refractivity contribution in [1.82, 2.24) is 0 Å². The minimum Gasteiger partial charge on any atom is -0.507 e. The van der Waals surface area contributed by atoms with E-state index in [9.17, 15) is 14.7 Å². The van der Waals surface area contributed by atoms with Gasteiger partial charge in [-0.25, -0.2) is 0 Å². The highest BCUT2D eigenvalue weighted by atomic mass is 16.5. The molecule has 0 aliphatic carbocycles. The number of ether oxygens (including phenoxy) is 2. The number of methoxy groups -OCH3 is 1. The monoisotopic (exact) mass is 429 g/mol. The smallest absolute Gasteiger partial charge is 0.300 e. The Morgan fingerprint density at radius 3 is 2.12 bits per heavy atom. The van der Waals surface area contributed by atoms with Gasteiger partial charge in [0.05, 0.1) is 25.3 Å². The number of hydrogen-bond acceptors (Lipinski definition) is 5. The number of hydrogen-bond donors (Lipinski definition) is 1. The number of rotatable bonds is 6. The van der Waals surface area contributed by atoms with Crippen molar-refractivity contribution in [2.75, 3.05) is 18.6 Å². The predicted molar refractivity (Wildman–Crippen MR) is 122 cm³/mol. The van der Waals surface area contributed by atoms with Crippen LogP contribution in [0, 0.1) is 0 Å². The van der Waals surface area contributed by atoms with Crippen LogP contribution in [0.1, 0.15) is 24.1 Å². The van der Waals surface area contributed by atoms with Crippen molar-refractivity contribution in [3.05, 3.63) is 95.6 Å². The van der Waals surface area contributed by atoms with Crippen LogP contribution in [-0.4, -0.2) is 30.5 Å². The first-order chi connectivity index (χ1) is 15.5. The standard InChI is InChI=1S/C26H23NO5/c1-3-32-21-15-11-19(12-16-21)27-23(17-9-13-20(31-2)14-10-17)22(25(29)26(27)30)24(28)18-7-5-4-6-8-18/h4-16,23,28H,3H2,1-2H3/b24-22+. The molecule has 0 spiro atoms. The van der Waals surface area contributed by atoms with Crippen LogP contribution < -0.4 is 14.4 Å². The maximum Gasteiger partial charge on any atom is 0.300 e. The van der Waals surface area contributed by atoms with E-state index in [0.717, 1.165) is 0 Å². The van der Waals surface area contributed by atoms with Gasteiger partial charge in [-0.3, -0.25) is 14.5 Å². The molecule has 1 fully saturated rings. The van der Waals surface area contributed by atoms with Crippen molar-refractivity contribution in [3.63, 3.8) is 0 Å². The molecule has 1 amide bonds. The second kappa shape index (κ2) is 8.98. The minimum atomic E-state index is -0.793. The van der Waals surface area contributed by atoms with Crippen molar-refractivity contribution in [2.24, 2.45) is 0 Å².